The topological polar surface area (TPSA) is 55.4 Å². The maximum absolute atomic E-state index is 13.3. The molecule has 0 fully saturated rings. The highest BCUT2D eigenvalue weighted by Crippen LogP contribution is 2.47. The first kappa shape index (κ1) is 21.4. The molecule has 2 aromatic rings. The van der Waals surface area contributed by atoms with E-state index < -0.39 is 11.9 Å². The highest BCUT2D eigenvalue weighted by atomic mass is 35.5. The Morgan fingerprint density at radius 3 is 2.58 bits per heavy atom. The molecule has 0 bridgehead atoms. The first-order valence-electron chi connectivity index (χ1n) is 10.5. The van der Waals surface area contributed by atoms with Crippen molar-refractivity contribution in [2.45, 2.75) is 46.1 Å². The number of dihydropyridines is 1. The highest BCUT2D eigenvalue weighted by Gasteiger charge is 2.43. The van der Waals surface area contributed by atoms with Gasteiger partial charge in [-0.25, -0.2) is 4.79 Å². The standard InChI is InChI=1S/C26H26ClNO3/c1-16-22(25(30)31-15-17-8-5-4-6-9-17)23(18-10-7-11-19(27)12-18)24-20(28-16)13-26(2,3)14-21(24)29/h4-12,23,28H,13-15H2,1-3H3. The van der Waals surface area contributed by atoms with Gasteiger partial charge in [-0.2, -0.15) is 0 Å². The minimum absolute atomic E-state index is 0.0598. The first-order valence-corrected chi connectivity index (χ1v) is 10.8. The second kappa shape index (κ2) is 8.35. The van der Waals surface area contributed by atoms with E-state index in [1.54, 1.807) is 6.07 Å². The monoisotopic (exact) mass is 435 g/mol. The number of hydrogen-bond acceptors (Lipinski definition) is 4. The van der Waals surface area contributed by atoms with Crippen molar-refractivity contribution >= 4 is 23.4 Å². The fourth-order valence-electron chi connectivity index (χ4n) is 4.53. The molecule has 1 aliphatic carbocycles. The number of carbonyl (C=O) groups is 2. The van der Waals surface area contributed by atoms with Gasteiger partial charge in [0.05, 0.1) is 5.57 Å². The van der Waals surface area contributed by atoms with Crippen LogP contribution in [0.5, 0.6) is 0 Å². The summed E-state index contributed by atoms with van der Waals surface area (Å²) < 4.78 is 5.67. The van der Waals surface area contributed by atoms with Gasteiger partial charge in [0, 0.05) is 34.3 Å². The van der Waals surface area contributed by atoms with E-state index in [1.165, 1.54) is 0 Å². The lowest BCUT2D eigenvalue weighted by atomic mass is 9.68. The van der Waals surface area contributed by atoms with Gasteiger partial charge in [-0.15, -0.1) is 0 Å². The molecule has 0 aromatic heterocycles. The Hall–Kier alpha value is -2.85. The number of esters is 1. The highest BCUT2D eigenvalue weighted by molar-refractivity contribution is 6.30. The van der Waals surface area contributed by atoms with Crippen LogP contribution >= 0.6 is 11.6 Å². The average Bonchev–Trinajstić information content (AvgIpc) is 2.71. The Balaban J connectivity index is 1.74. The molecule has 0 saturated heterocycles. The lowest BCUT2D eigenvalue weighted by Gasteiger charge is -2.39. The van der Waals surface area contributed by atoms with Crippen LogP contribution in [0.25, 0.3) is 0 Å². The average molecular weight is 436 g/mol. The van der Waals surface area contributed by atoms with E-state index in [-0.39, 0.29) is 17.8 Å². The van der Waals surface area contributed by atoms with Crippen molar-refractivity contribution in [1.29, 1.82) is 0 Å². The summed E-state index contributed by atoms with van der Waals surface area (Å²) in [5, 5.41) is 3.92. The molecule has 0 saturated carbocycles. The van der Waals surface area contributed by atoms with Crippen LogP contribution in [0.2, 0.25) is 5.02 Å². The van der Waals surface area contributed by atoms with Crippen LogP contribution in [0.1, 0.15) is 50.7 Å². The fraction of sp³-hybridized carbons (Fsp3) is 0.308. The third kappa shape index (κ3) is 4.45. The van der Waals surface area contributed by atoms with Crippen LogP contribution in [-0.2, 0) is 20.9 Å². The molecule has 1 unspecified atom stereocenters. The minimum Gasteiger partial charge on any atom is -0.457 e. The molecule has 31 heavy (non-hydrogen) atoms. The van der Waals surface area contributed by atoms with Gasteiger partial charge >= 0.3 is 5.97 Å². The lowest BCUT2D eigenvalue weighted by molar-refractivity contribution is -0.140. The number of Topliss-reactive ketones (excluding diaryl/α,β-unsaturated/α-hetero) is 1. The van der Waals surface area contributed by atoms with Gasteiger partial charge in [0.25, 0.3) is 0 Å². The predicted molar refractivity (Wildman–Crippen MR) is 121 cm³/mol. The summed E-state index contributed by atoms with van der Waals surface area (Å²) in [6.07, 6.45) is 1.19. The van der Waals surface area contributed by atoms with Crippen molar-refractivity contribution in [3.05, 3.63) is 93.3 Å². The van der Waals surface area contributed by atoms with Crippen molar-refractivity contribution in [1.82, 2.24) is 5.32 Å². The Morgan fingerprint density at radius 1 is 1.13 bits per heavy atom. The van der Waals surface area contributed by atoms with E-state index in [4.69, 9.17) is 16.3 Å². The molecular weight excluding hydrogens is 410 g/mol. The van der Waals surface area contributed by atoms with Crippen molar-refractivity contribution in [2.75, 3.05) is 0 Å². The number of nitrogens with one attached hydrogen (secondary N) is 1. The zero-order valence-corrected chi connectivity index (χ0v) is 18.8. The molecule has 160 valence electrons. The summed E-state index contributed by atoms with van der Waals surface area (Å²) >= 11 is 6.28. The van der Waals surface area contributed by atoms with E-state index in [2.05, 4.69) is 19.2 Å². The Labute approximate surface area is 187 Å². The molecule has 1 aliphatic heterocycles. The maximum atomic E-state index is 13.3. The molecule has 2 aromatic carbocycles. The van der Waals surface area contributed by atoms with E-state index in [9.17, 15) is 9.59 Å². The smallest absolute Gasteiger partial charge is 0.337 e. The molecule has 4 rings (SSSR count). The van der Waals surface area contributed by atoms with Gasteiger partial charge in [0.15, 0.2) is 5.78 Å². The van der Waals surface area contributed by atoms with Crippen molar-refractivity contribution < 1.29 is 14.3 Å². The molecule has 2 aliphatic rings. The Bertz CT molecular complexity index is 1100. The van der Waals surface area contributed by atoms with Crippen LogP contribution in [0, 0.1) is 5.41 Å². The van der Waals surface area contributed by atoms with Crippen LogP contribution in [0.4, 0.5) is 0 Å². The third-order valence-corrected chi connectivity index (χ3v) is 6.09. The number of rotatable bonds is 4. The number of carbonyl (C=O) groups excluding carboxylic acids is 2. The normalized spacial score (nSPS) is 20.3. The summed E-state index contributed by atoms with van der Waals surface area (Å²) in [7, 11) is 0. The minimum atomic E-state index is -0.498. The van der Waals surface area contributed by atoms with Crippen molar-refractivity contribution in [3.8, 4) is 0 Å². The molecule has 0 amide bonds. The molecule has 1 N–H and O–H groups in total. The van der Waals surface area contributed by atoms with E-state index >= 15 is 0 Å². The fourth-order valence-corrected chi connectivity index (χ4v) is 4.73. The van der Waals surface area contributed by atoms with Gasteiger partial charge in [-0.1, -0.05) is 67.9 Å². The summed E-state index contributed by atoms with van der Waals surface area (Å²) in [5.41, 5.74) is 4.32. The number of hydrogen-bond donors (Lipinski definition) is 1. The second-order valence-electron chi connectivity index (χ2n) is 9.05. The van der Waals surface area contributed by atoms with Crippen LogP contribution in [0.15, 0.2) is 77.1 Å². The summed E-state index contributed by atoms with van der Waals surface area (Å²) in [6, 6.07) is 16.9. The van der Waals surface area contributed by atoms with E-state index in [0.717, 1.165) is 23.2 Å². The predicted octanol–water partition coefficient (Wildman–Crippen LogP) is 5.69. The maximum Gasteiger partial charge on any atom is 0.337 e. The van der Waals surface area contributed by atoms with Crippen molar-refractivity contribution in [3.63, 3.8) is 0 Å². The number of ketones is 1. The molecular formula is C26H26ClNO3. The van der Waals surface area contributed by atoms with Crippen LogP contribution < -0.4 is 5.32 Å². The second-order valence-corrected chi connectivity index (χ2v) is 9.48. The van der Waals surface area contributed by atoms with Gasteiger partial charge in [-0.3, -0.25) is 4.79 Å². The van der Waals surface area contributed by atoms with Crippen LogP contribution in [-0.4, -0.2) is 11.8 Å². The van der Waals surface area contributed by atoms with E-state index in [0.29, 0.717) is 28.3 Å². The van der Waals surface area contributed by atoms with E-state index in [1.807, 2.05) is 55.5 Å². The summed E-state index contributed by atoms with van der Waals surface area (Å²) in [4.78, 5) is 26.5. The van der Waals surface area contributed by atoms with Gasteiger partial charge in [0.1, 0.15) is 6.61 Å². The zero-order chi connectivity index (χ0) is 22.2. The molecule has 0 spiro atoms. The Kier molecular flexibility index (Phi) is 5.76. The van der Waals surface area contributed by atoms with Gasteiger partial charge in [0.2, 0.25) is 0 Å². The Morgan fingerprint density at radius 2 is 1.87 bits per heavy atom. The number of benzene rings is 2. The number of ether oxygens (including phenoxy) is 1. The zero-order valence-electron chi connectivity index (χ0n) is 18.0. The summed E-state index contributed by atoms with van der Waals surface area (Å²) in [6.45, 7) is 6.22. The third-order valence-electron chi connectivity index (χ3n) is 5.85. The van der Waals surface area contributed by atoms with Gasteiger partial charge < -0.3 is 10.1 Å². The molecule has 0 radical (unpaired) electrons. The van der Waals surface area contributed by atoms with Crippen LogP contribution in [0.3, 0.4) is 0 Å². The quantitative estimate of drug-likeness (QED) is 0.627. The molecule has 4 nitrogen and oxygen atoms in total. The molecule has 1 heterocycles. The SMILES string of the molecule is CC1=C(C(=O)OCc2ccccc2)C(c2cccc(Cl)c2)C2=C(CC(C)(C)CC2=O)N1. The largest absolute Gasteiger partial charge is 0.457 e. The van der Waals surface area contributed by atoms with Gasteiger partial charge in [-0.05, 0) is 42.0 Å². The molecule has 1 atom stereocenters. The van der Waals surface area contributed by atoms with Crippen molar-refractivity contribution in [2.24, 2.45) is 5.41 Å². The lowest BCUT2D eigenvalue weighted by Crippen LogP contribution is -2.38. The molecule has 5 heteroatoms. The number of halogens is 1. The first-order chi connectivity index (χ1) is 14.7. The number of allylic oxidation sites excluding steroid dienone is 3. The summed E-state index contributed by atoms with van der Waals surface area (Å²) in [5.74, 6) is -0.866.